The molecule has 6 heteroatoms. The molecule has 0 spiro atoms. The van der Waals surface area contributed by atoms with Gasteiger partial charge >= 0.3 is 5.97 Å². The summed E-state index contributed by atoms with van der Waals surface area (Å²) in [5.74, 6) is 4.71. The molecule has 0 saturated heterocycles. The molecule has 0 unspecified atom stereocenters. The molecule has 1 N–H and O–H groups in total. The van der Waals surface area contributed by atoms with Crippen molar-refractivity contribution in [3.05, 3.63) is 0 Å². The molecular formula is C14H26O3S3. The van der Waals surface area contributed by atoms with Crippen LogP contribution >= 0.6 is 35.3 Å². The average Bonchev–Trinajstić information content (AvgIpc) is 2.43. The summed E-state index contributed by atoms with van der Waals surface area (Å²) in [5.41, 5.74) is 0. The highest BCUT2D eigenvalue weighted by molar-refractivity contribution is 8.00. The summed E-state index contributed by atoms with van der Waals surface area (Å²) in [7, 11) is 0. The third-order valence-electron chi connectivity index (χ3n) is 2.57. The summed E-state index contributed by atoms with van der Waals surface area (Å²) in [6.45, 7) is 0. The van der Waals surface area contributed by atoms with Crippen molar-refractivity contribution in [3.63, 3.8) is 0 Å². The van der Waals surface area contributed by atoms with Crippen LogP contribution in [0.3, 0.4) is 0 Å². The Bertz CT molecular complexity index is 238. The molecule has 0 aromatic heterocycles. The molecule has 0 saturated carbocycles. The standard InChI is InChI=1S/C14H26O3S3/c15-7-12-19-10-5-1-3-8-18-9-4-2-6-11-20-13-14(16)17/h7H,1-6,8-13H2,(H,16,17). The molecule has 0 fully saturated rings. The van der Waals surface area contributed by atoms with Gasteiger partial charge in [0, 0.05) is 5.75 Å². The smallest absolute Gasteiger partial charge is 0.313 e. The van der Waals surface area contributed by atoms with Gasteiger partial charge in [-0.3, -0.25) is 4.79 Å². The van der Waals surface area contributed by atoms with Gasteiger partial charge in [-0.1, -0.05) is 12.8 Å². The Balaban J connectivity index is 2.95. The number of hydrogen-bond acceptors (Lipinski definition) is 5. The van der Waals surface area contributed by atoms with Crippen LogP contribution in [0.4, 0.5) is 0 Å². The lowest BCUT2D eigenvalue weighted by atomic mass is 10.3. The number of hydrogen-bond donors (Lipinski definition) is 1. The number of carboxylic acid groups (broad SMARTS) is 1. The molecule has 0 atom stereocenters. The van der Waals surface area contributed by atoms with Crippen LogP contribution in [0, 0.1) is 0 Å². The van der Waals surface area contributed by atoms with Crippen LogP contribution in [0.1, 0.15) is 38.5 Å². The molecule has 0 heterocycles. The van der Waals surface area contributed by atoms with E-state index in [1.807, 2.05) is 11.8 Å². The number of carbonyl (C=O) groups is 2. The largest absolute Gasteiger partial charge is 0.481 e. The van der Waals surface area contributed by atoms with Gasteiger partial charge in [-0.25, -0.2) is 0 Å². The molecule has 0 bridgehead atoms. The van der Waals surface area contributed by atoms with E-state index in [-0.39, 0.29) is 5.75 Å². The Labute approximate surface area is 135 Å². The Kier molecular flexibility index (Phi) is 17.4. The maximum absolute atomic E-state index is 10.3. The lowest BCUT2D eigenvalue weighted by Gasteiger charge is -2.02. The zero-order valence-electron chi connectivity index (χ0n) is 12.1. The zero-order valence-corrected chi connectivity index (χ0v) is 14.5. The lowest BCUT2D eigenvalue weighted by molar-refractivity contribution is -0.133. The van der Waals surface area contributed by atoms with E-state index in [0.29, 0.717) is 5.75 Å². The fourth-order valence-electron chi connectivity index (χ4n) is 1.56. The minimum absolute atomic E-state index is 0.236. The van der Waals surface area contributed by atoms with Crippen LogP contribution in [-0.4, -0.2) is 51.9 Å². The van der Waals surface area contributed by atoms with Crippen molar-refractivity contribution in [3.8, 4) is 0 Å². The van der Waals surface area contributed by atoms with E-state index in [1.165, 1.54) is 55.4 Å². The van der Waals surface area contributed by atoms with E-state index in [1.54, 1.807) is 11.8 Å². The lowest BCUT2D eigenvalue weighted by Crippen LogP contribution is -1.98. The molecule has 0 aliphatic carbocycles. The highest BCUT2D eigenvalue weighted by Crippen LogP contribution is 2.12. The third kappa shape index (κ3) is 18.2. The van der Waals surface area contributed by atoms with Crippen molar-refractivity contribution in [1.82, 2.24) is 0 Å². The van der Waals surface area contributed by atoms with Gasteiger partial charge in [-0.05, 0) is 48.7 Å². The monoisotopic (exact) mass is 338 g/mol. The van der Waals surface area contributed by atoms with Gasteiger partial charge in [0.2, 0.25) is 0 Å². The molecule has 0 aromatic carbocycles. The Morgan fingerprint density at radius 3 is 1.80 bits per heavy atom. The van der Waals surface area contributed by atoms with E-state index in [9.17, 15) is 9.59 Å². The van der Waals surface area contributed by atoms with E-state index in [2.05, 4.69) is 0 Å². The summed E-state index contributed by atoms with van der Waals surface area (Å²) in [6, 6.07) is 0. The molecular weight excluding hydrogens is 312 g/mol. The summed E-state index contributed by atoms with van der Waals surface area (Å²) in [6.07, 6.45) is 8.33. The van der Waals surface area contributed by atoms with Gasteiger partial charge in [-0.2, -0.15) is 35.3 Å². The van der Waals surface area contributed by atoms with Crippen molar-refractivity contribution < 1.29 is 14.7 Å². The number of carboxylic acids is 1. The van der Waals surface area contributed by atoms with Gasteiger partial charge in [0.05, 0.1) is 5.75 Å². The van der Waals surface area contributed by atoms with Crippen molar-refractivity contribution in [2.24, 2.45) is 0 Å². The fourth-order valence-corrected chi connectivity index (χ4v) is 3.98. The van der Waals surface area contributed by atoms with Crippen LogP contribution < -0.4 is 0 Å². The minimum Gasteiger partial charge on any atom is -0.481 e. The Hall–Kier alpha value is 0.190. The first-order valence-corrected chi connectivity index (χ1v) is 10.6. The highest BCUT2D eigenvalue weighted by atomic mass is 32.2. The number of unbranched alkanes of at least 4 members (excludes halogenated alkanes) is 4. The average molecular weight is 339 g/mol. The molecule has 0 rings (SSSR count). The summed E-state index contributed by atoms with van der Waals surface area (Å²) >= 11 is 5.26. The first-order chi connectivity index (χ1) is 9.77. The van der Waals surface area contributed by atoms with E-state index in [4.69, 9.17) is 5.11 Å². The number of rotatable bonds is 16. The number of carbonyl (C=O) groups excluding carboxylic acids is 1. The van der Waals surface area contributed by atoms with Gasteiger partial charge in [0.1, 0.15) is 6.29 Å². The summed E-state index contributed by atoms with van der Waals surface area (Å²) in [5, 5.41) is 8.48. The molecule has 0 aromatic rings. The molecule has 118 valence electrons. The van der Waals surface area contributed by atoms with Gasteiger partial charge in [0.25, 0.3) is 0 Å². The quantitative estimate of drug-likeness (QED) is 0.341. The third-order valence-corrected chi connectivity index (χ3v) is 5.70. The fraction of sp³-hybridized carbons (Fsp3) is 0.857. The maximum atomic E-state index is 10.3. The molecule has 0 aliphatic rings. The minimum atomic E-state index is -0.713. The maximum Gasteiger partial charge on any atom is 0.313 e. The molecule has 20 heavy (non-hydrogen) atoms. The van der Waals surface area contributed by atoms with E-state index < -0.39 is 5.97 Å². The van der Waals surface area contributed by atoms with Crippen LogP contribution in [0.25, 0.3) is 0 Å². The first-order valence-electron chi connectivity index (χ1n) is 7.16. The van der Waals surface area contributed by atoms with Crippen LogP contribution in [-0.2, 0) is 9.59 Å². The summed E-state index contributed by atoms with van der Waals surface area (Å²) in [4.78, 5) is 20.4. The van der Waals surface area contributed by atoms with Crippen molar-refractivity contribution in [1.29, 1.82) is 0 Å². The predicted molar refractivity (Wildman–Crippen MR) is 93.4 cm³/mol. The van der Waals surface area contributed by atoms with Crippen LogP contribution in [0.2, 0.25) is 0 Å². The second kappa shape index (κ2) is 17.2. The van der Waals surface area contributed by atoms with E-state index in [0.717, 1.165) is 24.2 Å². The van der Waals surface area contributed by atoms with Crippen molar-refractivity contribution in [2.45, 2.75) is 38.5 Å². The van der Waals surface area contributed by atoms with Gasteiger partial charge in [0.15, 0.2) is 0 Å². The predicted octanol–water partition coefficient (Wildman–Crippen LogP) is 3.81. The van der Waals surface area contributed by atoms with Crippen LogP contribution in [0.15, 0.2) is 0 Å². The van der Waals surface area contributed by atoms with Crippen molar-refractivity contribution >= 4 is 47.5 Å². The molecule has 0 aliphatic heterocycles. The SMILES string of the molecule is O=CCSCCCCCSCCCCCSCC(=O)O. The van der Waals surface area contributed by atoms with Gasteiger partial charge < -0.3 is 9.90 Å². The molecule has 0 radical (unpaired) electrons. The molecule has 3 nitrogen and oxygen atoms in total. The normalized spacial score (nSPS) is 10.6. The number of thioether (sulfide) groups is 3. The molecule has 0 amide bonds. The van der Waals surface area contributed by atoms with Crippen molar-refractivity contribution in [2.75, 3.05) is 34.5 Å². The summed E-state index contributed by atoms with van der Waals surface area (Å²) < 4.78 is 0. The van der Waals surface area contributed by atoms with E-state index >= 15 is 0 Å². The van der Waals surface area contributed by atoms with Gasteiger partial charge in [-0.15, -0.1) is 0 Å². The second-order valence-electron chi connectivity index (χ2n) is 4.42. The Morgan fingerprint density at radius 1 is 0.800 bits per heavy atom. The Morgan fingerprint density at radius 2 is 1.30 bits per heavy atom. The first kappa shape index (κ1) is 20.2. The number of aliphatic carboxylic acids is 1. The van der Waals surface area contributed by atoms with Crippen LogP contribution in [0.5, 0.6) is 0 Å². The second-order valence-corrected chi connectivity index (χ2v) is 7.90. The topological polar surface area (TPSA) is 54.4 Å². The zero-order chi connectivity index (χ0) is 14.9. The highest BCUT2D eigenvalue weighted by Gasteiger charge is 1.97. The number of aldehydes is 1.